The minimum atomic E-state index is -3.50. The molecule has 0 spiro atoms. The smallest absolute Gasteiger partial charge is 0.242 e. The minimum absolute atomic E-state index is 0.313. The second kappa shape index (κ2) is 6.31. The summed E-state index contributed by atoms with van der Waals surface area (Å²) >= 11 is 2.89. The monoisotopic (exact) mass is 331 g/mol. The molecule has 0 saturated carbocycles. The molecular formula is C12H17N3O2S3. The van der Waals surface area contributed by atoms with Crippen LogP contribution >= 0.6 is 22.7 Å². The summed E-state index contributed by atoms with van der Waals surface area (Å²) in [5.41, 5.74) is 0.905. The van der Waals surface area contributed by atoms with Crippen LogP contribution < -0.4 is 10.0 Å². The quantitative estimate of drug-likeness (QED) is 0.852. The molecule has 0 aliphatic carbocycles. The molecule has 8 heteroatoms. The molecule has 1 atom stereocenters. The van der Waals surface area contributed by atoms with Crippen molar-refractivity contribution in [2.45, 2.75) is 31.3 Å². The maximum absolute atomic E-state index is 12.3. The molecule has 0 aliphatic rings. The van der Waals surface area contributed by atoms with Crippen LogP contribution in [0.25, 0.3) is 0 Å². The molecular weight excluding hydrogens is 314 g/mol. The molecule has 2 aromatic rings. The van der Waals surface area contributed by atoms with Crippen molar-refractivity contribution < 1.29 is 8.42 Å². The summed E-state index contributed by atoms with van der Waals surface area (Å²) in [7, 11) is -1.66. The molecule has 110 valence electrons. The Bertz CT molecular complexity index is 676. The summed E-state index contributed by atoms with van der Waals surface area (Å²) in [6.07, 6.45) is 0. The number of nitrogens with zero attached hydrogens (tertiary/aromatic N) is 1. The maximum Gasteiger partial charge on any atom is 0.242 e. The van der Waals surface area contributed by atoms with Crippen molar-refractivity contribution in [2.24, 2.45) is 0 Å². The fourth-order valence-electron chi connectivity index (χ4n) is 1.69. The van der Waals surface area contributed by atoms with Crippen LogP contribution in [0.5, 0.6) is 0 Å². The molecule has 2 N–H and O–H groups in total. The van der Waals surface area contributed by atoms with E-state index in [-0.39, 0.29) is 6.04 Å². The first-order valence-corrected chi connectivity index (χ1v) is 9.33. The minimum Gasteiger partial charge on any atom is -0.315 e. The highest BCUT2D eigenvalue weighted by Crippen LogP contribution is 2.23. The van der Waals surface area contributed by atoms with Gasteiger partial charge in [0.05, 0.1) is 10.9 Å². The maximum atomic E-state index is 12.3. The average molecular weight is 331 g/mol. The Morgan fingerprint density at radius 1 is 1.35 bits per heavy atom. The first-order chi connectivity index (χ1) is 9.42. The van der Waals surface area contributed by atoms with Gasteiger partial charge in [-0.3, -0.25) is 0 Å². The third kappa shape index (κ3) is 3.64. The largest absolute Gasteiger partial charge is 0.315 e. The van der Waals surface area contributed by atoms with Gasteiger partial charge in [0.2, 0.25) is 10.0 Å². The predicted octanol–water partition coefficient (Wildman–Crippen LogP) is 2.27. The second-order valence-electron chi connectivity index (χ2n) is 4.45. The van der Waals surface area contributed by atoms with Crippen molar-refractivity contribution in [3.63, 3.8) is 0 Å². The van der Waals surface area contributed by atoms with Gasteiger partial charge < -0.3 is 5.32 Å². The van der Waals surface area contributed by atoms with E-state index in [1.807, 2.05) is 19.4 Å². The van der Waals surface area contributed by atoms with Gasteiger partial charge >= 0.3 is 0 Å². The molecule has 0 bridgehead atoms. The van der Waals surface area contributed by atoms with Crippen molar-refractivity contribution in [1.82, 2.24) is 15.0 Å². The van der Waals surface area contributed by atoms with Gasteiger partial charge in [-0.25, -0.2) is 18.1 Å². The Morgan fingerprint density at radius 2 is 2.10 bits per heavy atom. The van der Waals surface area contributed by atoms with Gasteiger partial charge in [-0.15, -0.1) is 22.7 Å². The number of thiophene rings is 1. The number of hydrogen-bond donors (Lipinski definition) is 2. The van der Waals surface area contributed by atoms with Crippen LogP contribution in [0.15, 0.2) is 21.7 Å². The third-order valence-corrected chi connectivity index (χ3v) is 6.38. The molecule has 0 aromatic carbocycles. The van der Waals surface area contributed by atoms with Crippen LogP contribution in [0, 0.1) is 6.92 Å². The van der Waals surface area contributed by atoms with Crippen molar-refractivity contribution in [1.29, 1.82) is 0 Å². The Morgan fingerprint density at radius 3 is 2.70 bits per heavy atom. The second-order valence-corrected chi connectivity index (χ2v) is 8.05. The molecule has 20 heavy (non-hydrogen) atoms. The van der Waals surface area contributed by atoms with Crippen LogP contribution in [0.2, 0.25) is 0 Å². The molecule has 1 unspecified atom stereocenters. The third-order valence-electron chi connectivity index (χ3n) is 2.63. The fraction of sp³-hybridized carbons (Fsp3) is 0.417. The van der Waals surface area contributed by atoms with E-state index in [4.69, 9.17) is 0 Å². The normalized spacial score (nSPS) is 13.6. The van der Waals surface area contributed by atoms with Crippen molar-refractivity contribution in [2.75, 3.05) is 7.05 Å². The van der Waals surface area contributed by atoms with Crippen molar-refractivity contribution >= 4 is 32.7 Å². The zero-order valence-electron chi connectivity index (χ0n) is 11.5. The summed E-state index contributed by atoms with van der Waals surface area (Å²) in [5.74, 6) is 0. The zero-order chi connectivity index (χ0) is 14.8. The number of aryl methyl sites for hydroxylation is 1. The highest BCUT2D eigenvalue weighted by atomic mass is 32.2. The van der Waals surface area contributed by atoms with E-state index in [1.165, 1.54) is 22.7 Å². The van der Waals surface area contributed by atoms with E-state index in [2.05, 4.69) is 15.0 Å². The molecule has 0 fully saturated rings. The van der Waals surface area contributed by atoms with Crippen LogP contribution in [0.3, 0.4) is 0 Å². The summed E-state index contributed by atoms with van der Waals surface area (Å²) in [4.78, 5) is 5.61. The molecule has 0 radical (unpaired) electrons. The predicted molar refractivity (Wildman–Crippen MR) is 82.7 cm³/mol. The standard InChI is InChI=1S/C12H17N3O2S3/c1-8-6-19-12(14-8)9(2)15-20(16,17)11-4-10(5-13-3)18-7-11/h4,6-7,9,13,15H,5H2,1-3H3. The van der Waals surface area contributed by atoms with Gasteiger partial charge in [0, 0.05) is 27.9 Å². The van der Waals surface area contributed by atoms with Gasteiger partial charge in [-0.1, -0.05) is 0 Å². The number of hydrogen-bond acceptors (Lipinski definition) is 6. The number of rotatable bonds is 6. The van der Waals surface area contributed by atoms with E-state index in [1.54, 1.807) is 18.4 Å². The zero-order valence-corrected chi connectivity index (χ0v) is 14.0. The molecule has 0 aliphatic heterocycles. The van der Waals surface area contributed by atoms with Gasteiger partial charge in [0.1, 0.15) is 5.01 Å². The Kier molecular flexibility index (Phi) is 4.92. The Balaban J connectivity index is 2.13. The summed E-state index contributed by atoms with van der Waals surface area (Å²) < 4.78 is 27.2. The number of nitrogens with one attached hydrogen (secondary N) is 2. The highest BCUT2D eigenvalue weighted by Gasteiger charge is 2.21. The molecule has 2 aromatic heterocycles. The van der Waals surface area contributed by atoms with E-state index >= 15 is 0 Å². The van der Waals surface area contributed by atoms with Crippen molar-refractivity contribution in [3.8, 4) is 0 Å². The van der Waals surface area contributed by atoms with Crippen LogP contribution in [0.4, 0.5) is 0 Å². The molecule has 5 nitrogen and oxygen atoms in total. The number of thiazole rings is 1. The van der Waals surface area contributed by atoms with Gasteiger partial charge in [0.15, 0.2) is 0 Å². The number of sulfonamides is 1. The van der Waals surface area contributed by atoms with Gasteiger partial charge in [0.25, 0.3) is 0 Å². The van der Waals surface area contributed by atoms with Crippen LogP contribution in [0.1, 0.15) is 28.5 Å². The van der Waals surface area contributed by atoms with Crippen LogP contribution in [-0.2, 0) is 16.6 Å². The summed E-state index contributed by atoms with van der Waals surface area (Å²) in [6.45, 7) is 4.36. The Labute approximate surface area is 127 Å². The first kappa shape index (κ1) is 15.6. The van der Waals surface area contributed by atoms with Gasteiger partial charge in [-0.2, -0.15) is 0 Å². The van der Waals surface area contributed by atoms with E-state index in [0.29, 0.717) is 11.4 Å². The topological polar surface area (TPSA) is 71.1 Å². The molecule has 0 amide bonds. The summed E-state index contributed by atoms with van der Waals surface area (Å²) in [5, 5.41) is 7.35. The van der Waals surface area contributed by atoms with E-state index in [9.17, 15) is 8.42 Å². The fourth-order valence-corrected chi connectivity index (χ4v) is 5.06. The molecule has 2 rings (SSSR count). The van der Waals surface area contributed by atoms with E-state index < -0.39 is 10.0 Å². The lowest BCUT2D eigenvalue weighted by Gasteiger charge is -2.10. The van der Waals surface area contributed by atoms with Gasteiger partial charge in [-0.05, 0) is 27.0 Å². The lowest BCUT2D eigenvalue weighted by atomic mass is 10.4. The van der Waals surface area contributed by atoms with Crippen molar-refractivity contribution in [3.05, 3.63) is 32.4 Å². The summed E-state index contributed by atoms with van der Waals surface area (Å²) in [6, 6.07) is 1.37. The van der Waals surface area contributed by atoms with Crippen LogP contribution in [-0.4, -0.2) is 20.4 Å². The molecule has 2 heterocycles. The SMILES string of the molecule is CNCc1cc(S(=O)(=O)NC(C)c2nc(C)cs2)cs1. The lowest BCUT2D eigenvalue weighted by molar-refractivity contribution is 0.566. The Hall–Kier alpha value is -0.800. The molecule has 0 saturated heterocycles. The average Bonchev–Trinajstić information content (AvgIpc) is 2.98. The highest BCUT2D eigenvalue weighted by molar-refractivity contribution is 7.89. The van der Waals surface area contributed by atoms with E-state index in [0.717, 1.165) is 15.6 Å². The lowest BCUT2D eigenvalue weighted by Crippen LogP contribution is -2.26. The number of aromatic nitrogens is 1. The first-order valence-electron chi connectivity index (χ1n) is 6.08.